The molecule has 1 aromatic carbocycles. The van der Waals surface area contributed by atoms with Gasteiger partial charge in [-0.15, -0.1) is 0 Å². The van der Waals surface area contributed by atoms with Gasteiger partial charge in [0.15, 0.2) is 5.41 Å². The summed E-state index contributed by atoms with van der Waals surface area (Å²) in [4.78, 5) is 0. The van der Waals surface area contributed by atoms with Gasteiger partial charge in [0.2, 0.25) is 0 Å². The number of benzene rings is 1. The first-order valence-corrected chi connectivity index (χ1v) is 5.24. The molecule has 16 heavy (non-hydrogen) atoms. The van der Waals surface area contributed by atoms with E-state index < -0.39 is 5.41 Å². The van der Waals surface area contributed by atoms with Crippen molar-refractivity contribution < 1.29 is 9.15 Å². The Bertz CT molecular complexity index is 587. The summed E-state index contributed by atoms with van der Waals surface area (Å²) in [6.45, 7) is 2.87. The molecule has 2 heterocycles. The van der Waals surface area contributed by atoms with Gasteiger partial charge < -0.3 is 9.15 Å². The van der Waals surface area contributed by atoms with Crippen molar-refractivity contribution in [1.82, 2.24) is 0 Å². The Morgan fingerprint density at radius 1 is 1.31 bits per heavy atom. The van der Waals surface area contributed by atoms with E-state index in [9.17, 15) is 5.26 Å². The average Bonchev–Trinajstić information content (AvgIpc) is 2.57. The molecule has 1 saturated heterocycles. The van der Waals surface area contributed by atoms with E-state index in [-0.39, 0.29) is 0 Å². The molecule has 0 amide bonds. The first-order chi connectivity index (χ1) is 7.77. The van der Waals surface area contributed by atoms with Gasteiger partial charge in [0.05, 0.1) is 19.3 Å². The standard InChI is InChI=1S/C13H11NO2/c1-9-10-4-2-3-5-11(10)16-12(9)13(6-14)7-15-8-13/h2-5H,7-8H2,1H3. The van der Waals surface area contributed by atoms with Gasteiger partial charge in [0.1, 0.15) is 11.3 Å². The van der Waals surface area contributed by atoms with E-state index in [1.54, 1.807) is 0 Å². The smallest absolute Gasteiger partial charge is 0.161 e. The minimum Gasteiger partial charge on any atom is -0.459 e. The van der Waals surface area contributed by atoms with Crippen LogP contribution in [-0.4, -0.2) is 13.2 Å². The molecular weight excluding hydrogens is 202 g/mol. The summed E-state index contributed by atoms with van der Waals surface area (Å²) in [5.41, 5.74) is 1.33. The fraction of sp³-hybridized carbons (Fsp3) is 0.308. The lowest BCUT2D eigenvalue weighted by Crippen LogP contribution is -2.45. The minimum absolute atomic E-state index is 0.435. The van der Waals surface area contributed by atoms with Crippen molar-refractivity contribution in [1.29, 1.82) is 5.26 Å². The van der Waals surface area contributed by atoms with E-state index in [1.165, 1.54) is 0 Å². The van der Waals surface area contributed by atoms with Crippen LogP contribution in [0, 0.1) is 18.3 Å². The Labute approximate surface area is 93.2 Å². The molecule has 80 valence electrons. The van der Waals surface area contributed by atoms with Gasteiger partial charge in [-0.05, 0) is 13.0 Å². The summed E-state index contributed by atoms with van der Waals surface area (Å²) in [6.07, 6.45) is 0. The van der Waals surface area contributed by atoms with Crippen LogP contribution in [0.15, 0.2) is 28.7 Å². The number of rotatable bonds is 1. The third kappa shape index (κ3) is 1.05. The normalized spacial score (nSPS) is 18.0. The second-order valence-electron chi connectivity index (χ2n) is 4.24. The number of ether oxygens (including phenoxy) is 1. The third-order valence-corrected chi connectivity index (χ3v) is 3.19. The molecule has 0 unspecified atom stereocenters. The van der Waals surface area contributed by atoms with Gasteiger partial charge in [-0.2, -0.15) is 5.26 Å². The number of fused-ring (bicyclic) bond motifs is 1. The molecule has 0 bridgehead atoms. The minimum atomic E-state index is -0.566. The molecule has 0 aliphatic carbocycles. The number of para-hydroxylation sites is 1. The number of nitrogens with zero attached hydrogens (tertiary/aromatic N) is 1. The van der Waals surface area contributed by atoms with E-state index in [1.807, 2.05) is 31.2 Å². The van der Waals surface area contributed by atoms with Crippen molar-refractivity contribution >= 4 is 11.0 Å². The van der Waals surface area contributed by atoms with Gasteiger partial charge in [-0.25, -0.2) is 0 Å². The van der Waals surface area contributed by atoms with Crippen molar-refractivity contribution in [3.63, 3.8) is 0 Å². The van der Waals surface area contributed by atoms with Gasteiger partial charge >= 0.3 is 0 Å². The zero-order valence-electron chi connectivity index (χ0n) is 8.99. The quantitative estimate of drug-likeness (QED) is 0.731. The summed E-state index contributed by atoms with van der Waals surface area (Å²) in [5, 5.41) is 10.3. The summed E-state index contributed by atoms with van der Waals surface area (Å²) in [7, 11) is 0. The average molecular weight is 213 g/mol. The summed E-state index contributed by atoms with van der Waals surface area (Å²) < 4.78 is 10.9. The number of hydrogen-bond acceptors (Lipinski definition) is 3. The summed E-state index contributed by atoms with van der Waals surface area (Å²) in [5.74, 6) is 0.766. The Hall–Kier alpha value is -1.79. The number of nitriles is 1. The highest BCUT2D eigenvalue weighted by atomic mass is 16.5. The van der Waals surface area contributed by atoms with Gasteiger partial charge in [0.25, 0.3) is 0 Å². The fourth-order valence-electron chi connectivity index (χ4n) is 2.18. The molecule has 3 rings (SSSR count). The lowest BCUT2D eigenvalue weighted by atomic mass is 9.83. The molecule has 2 aromatic rings. The zero-order chi connectivity index (χ0) is 11.2. The van der Waals surface area contributed by atoms with Gasteiger partial charge in [0, 0.05) is 10.9 Å². The highest BCUT2D eigenvalue weighted by Crippen LogP contribution is 2.38. The number of aryl methyl sites for hydroxylation is 1. The SMILES string of the molecule is Cc1c(C2(C#N)COC2)oc2ccccc12. The first kappa shape index (κ1) is 9.44. The molecule has 3 heteroatoms. The Morgan fingerprint density at radius 2 is 2.06 bits per heavy atom. The largest absolute Gasteiger partial charge is 0.459 e. The zero-order valence-corrected chi connectivity index (χ0v) is 8.99. The molecule has 0 radical (unpaired) electrons. The van der Waals surface area contributed by atoms with Crippen LogP contribution >= 0.6 is 0 Å². The predicted octanol–water partition coefficient (Wildman–Crippen LogP) is 2.53. The van der Waals surface area contributed by atoms with E-state index in [4.69, 9.17) is 9.15 Å². The second-order valence-corrected chi connectivity index (χ2v) is 4.24. The molecule has 0 N–H and O–H groups in total. The van der Waals surface area contributed by atoms with E-state index in [2.05, 4.69) is 6.07 Å². The molecule has 0 spiro atoms. The van der Waals surface area contributed by atoms with Crippen molar-refractivity contribution in [2.45, 2.75) is 12.3 Å². The lowest BCUT2D eigenvalue weighted by Gasteiger charge is -2.33. The molecule has 1 aliphatic heterocycles. The van der Waals surface area contributed by atoms with Crippen LogP contribution in [0.2, 0.25) is 0 Å². The van der Waals surface area contributed by atoms with Crippen LogP contribution < -0.4 is 0 Å². The first-order valence-electron chi connectivity index (χ1n) is 5.24. The Balaban J connectivity index is 2.25. The second kappa shape index (κ2) is 3.10. The topological polar surface area (TPSA) is 46.2 Å². The molecular formula is C13H11NO2. The monoisotopic (exact) mass is 213 g/mol. The highest BCUT2D eigenvalue weighted by Gasteiger charge is 2.45. The molecule has 1 aromatic heterocycles. The maximum Gasteiger partial charge on any atom is 0.161 e. The highest BCUT2D eigenvalue weighted by molar-refractivity contribution is 5.82. The van der Waals surface area contributed by atoms with Crippen LogP contribution in [-0.2, 0) is 10.2 Å². The van der Waals surface area contributed by atoms with Gasteiger partial charge in [-0.1, -0.05) is 18.2 Å². The molecule has 0 atom stereocenters. The molecule has 1 fully saturated rings. The van der Waals surface area contributed by atoms with E-state index >= 15 is 0 Å². The number of hydrogen-bond donors (Lipinski definition) is 0. The van der Waals surface area contributed by atoms with E-state index in [0.717, 1.165) is 22.3 Å². The van der Waals surface area contributed by atoms with Crippen molar-refractivity contribution in [2.24, 2.45) is 0 Å². The van der Waals surface area contributed by atoms with E-state index in [0.29, 0.717) is 13.2 Å². The molecule has 3 nitrogen and oxygen atoms in total. The van der Waals surface area contributed by atoms with Crippen LogP contribution in [0.5, 0.6) is 0 Å². The third-order valence-electron chi connectivity index (χ3n) is 3.19. The number of furan rings is 1. The maximum atomic E-state index is 9.25. The predicted molar refractivity (Wildman–Crippen MR) is 59.1 cm³/mol. The van der Waals surface area contributed by atoms with Crippen molar-refractivity contribution in [3.05, 3.63) is 35.6 Å². The van der Waals surface area contributed by atoms with Crippen LogP contribution in [0.1, 0.15) is 11.3 Å². The van der Waals surface area contributed by atoms with Crippen molar-refractivity contribution in [2.75, 3.05) is 13.2 Å². The fourth-order valence-corrected chi connectivity index (χ4v) is 2.18. The van der Waals surface area contributed by atoms with Crippen LogP contribution in [0.4, 0.5) is 0 Å². The maximum absolute atomic E-state index is 9.25. The summed E-state index contributed by atoms with van der Waals surface area (Å²) >= 11 is 0. The Morgan fingerprint density at radius 3 is 2.62 bits per heavy atom. The molecule has 0 saturated carbocycles. The molecule has 1 aliphatic rings. The van der Waals surface area contributed by atoms with Crippen LogP contribution in [0.25, 0.3) is 11.0 Å². The van der Waals surface area contributed by atoms with Crippen molar-refractivity contribution in [3.8, 4) is 6.07 Å². The Kier molecular flexibility index (Phi) is 1.83. The lowest BCUT2D eigenvalue weighted by molar-refractivity contribution is -0.0390. The van der Waals surface area contributed by atoms with Crippen LogP contribution in [0.3, 0.4) is 0 Å². The summed E-state index contributed by atoms with van der Waals surface area (Å²) in [6, 6.07) is 10.2. The van der Waals surface area contributed by atoms with Gasteiger partial charge in [-0.3, -0.25) is 0 Å².